The number of phenols is 1. The van der Waals surface area contributed by atoms with Crippen molar-refractivity contribution in [2.75, 3.05) is 5.43 Å². The molecule has 0 atom stereocenters. The molecule has 0 aliphatic heterocycles. The molecular formula is C6H7BrN2O. The van der Waals surface area contributed by atoms with Crippen LogP contribution < -0.4 is 11.3 Å². The summed E-state index contributed by atoms with van der Waals surface area (Å²) in [6.45, 7) is 0. The number of benzene rings is 1. The Balaban J connectivity index is 3.09. The quantitative estimate of drug-likeness (QED) is 0.367. The molecule has 0 spiro atoms. The molecule has 4 heteroatoms. The standard InChI is InChI=1S/C6H7BrN2O/c7-4-1-2-6(10)5(3-4)9-8/h1-3,9-10H,8H2. The number of hydrogen-bond donors (Lipinski definition) is 3. The molecule has 0 aliphatic rings. The van der Waals surface area contributed by atoms with Crippen LogP contribution in [-0.2, 0) is 0 Å². The first-order chi connectivity index (χ1) is 4.74. The van der Waals surface area contributed by atoms with E-state index in [1.54, 1.807) is 18.2 Å². The van der Waals surface area contributed by atoms with Gasteiger partial charge in [-0.2, -0.15) is 0 Å². The summed E-state index contributed by atoms with van der Waals surface area (Å²) in [6.07, 6.45) is 0. The molecule has 0 radical (unpaired) electrons. The third kappa shape index (κ3) is 1.40. The van der Waals surface area contributed by atoms with Crippen LogP contribution in [0.5, 0.6) is 5.75 Å². The lowest BCUT2D eigenvalue weighted by atomic mass is 10.3. The van der Waals surface area contributed by atoms with E-state index in [2.05, 4.69) is 21.4 Å². The van der Waals surface area contributed by atoms with Gasteiger partial charge in [-0.05, 0) is 18.2 Å². The minimum atomic E-state index is 0.144. The Hall–Kier alpha value is -0.740. The number of nitrogens with two attached hydrogens (primary N) is 1. The molecule has 1 aromatic rings. The molecule has 0 saturated heterocycles. The zero-order chi connectivity index (χ0) is 7.56. The van der Waals surface area contributed by atoms with Gasteiger partial charge in [0.1, 0.15) is 5.75 Å². The second-order valence-electron chi connectivity index (χ2n) is 1.81. The maximum Gasteiger partial charge on any atom is 0.140 e. The van der Waals surface area contributed by atoms with Gasteiger partial charge in [0.25, 0.3) is 0 Å². The predicted molar refractivity (Wildman–Crippen MR) is 43.6 cm³/mol. The average molecular weight is 203 g/mol. The van der Waals surface area contributed by atoms with E-state index < -0.39 is 0 Å². The van der Waals surface area contributed by atoms with Gasteiger partial charge in [0, 0.05) is 4.47 Å². The molecule has 0 bridgehead atoms. The monoisotopic (exact) mass is 202 g/mol. The fourth-order valence-electron chi connectivity index (χ4n) is 0.624. The molecule has 0 saturated carbocycles. The molecule has 0 unspecified atom stereocenters. The van der Waals surface area contributed by atoms with Crippen molar-refractivity contribution >= 4 is 21.6 Å². The zero-order valence-corrected chi connectivity index (χ0v) is 6.72. The number of rotatable bonds is 1. The third-order valence-corrected chi connectivity index (χ3v) is 1.61. The highest BCUT2D eigenvalue weighted by Crippen LogP contribution is 2.25. The lowest BCUT2D eigenvalue weighted by Crippen LogP contribution is -2.06. The first-order valence-corrected chi connectivity index (χ1v) is 3.48. The number of aromatic hydroxyl groups is 1. The fourth-order valence-corrected chi connectivity index (χ4v) is 0.985. The minimum absolute atomic E-state index is 0.144. The van der Waals surface area contributed by atoms with Gasteiger partial charge in [-0.15, -0.1) is 0 Å². The normalized spacial score (nSPS) is 9.40. The van der Waals surface area contributed by atoms with E-state index in [-0.39, 0.29) is 5.75 Å². The Morgan fingerprint density at radius 3 is 2.70 bits per heavy atom. The summed E-state index contributed by atoms with van der Waals surface area (Å²) >= 11 is 3.23. The molecule has 0 fully saturated rings. The van der Waals surface area contributed by atoms with E-state index >= 15 is 0 Å². The van der Waals surface area contributed by atoms with E-state index in [1.807, 2.05) is 0 Å². The van der Waals surface area contributed by atoms with Gasteiger partial charge in [0.2, 0.25) is 0 Å². The number of hydrogen-bond acceptors (Lipinski definition) is 3. The fraction of sp³-hybridized carbons (Fsp3) is 0. The molecular weight excluding hydrogens is 196 g/mol. The van der Waals surface area contributed by atoms with E-state index in [1.165, 1.54) is 0 Å². The lowest BCUT2D eigenvalue weighted by molar-refractivity contribution is 0.477. The Morgan fingerprint density at radius 2 is 2.20 bits per heavy atom. The van der Waals surface area contributed by atoms with Crippen molar-refractivity contribution in [1.82, 2.24) is 0 Å². The average Bonchev–Trinajstić information content (AvgIpc) is 1.94. The second-order valence-corrected chi connectivity index (χ2v) is 2.72. The van der Waals surface area contributed by atoms with Gasteiger partial charge in [-0.25, -0.2) is 0 Å². The maximum absolute atomic E-state index is 9.07. The second kappa shape index (κ2) is 2.90. The van der Waals surface area contributed by atoms with Gasteiger partial charge < -0.3 is 10.5 Å². The molecule has 0 aliphatic carbocycles. The number of nitrogen functional groups attached to an aromatic ring is 1. The summed E-state index contributed by atoms with van der Waals surface area (Å²) in [5, 5.41) is 9.07. The van der Waals surface area contributed by atoms with Crippen molar-refractivity contribution in [2.24, 2.45) is 5.84 Å². The van der Waals surface area contributed by atoms with E-state index in [0.717, 1.165) is 4.47 Å². The number of anilines is 1. The molecule has 0 heterocycles. The first kappa shape index (κ1) is 7.37. The third-order valence-electron chi connectivity index (χ3n) is 1.11. The summed E-state index contributed by atoms with van der Waals surface area (Å²) < 4.78 is 0.873. The summed E-state index contributed by atoms with van der Waals surface area (Å²) in [7, 11) is 0. The van der Waals surface area contributed by atoms with Crippen molar-refractivity contribution in [2.45, 2.75) is 0 Å². The van der Waals surface area contributed by atoms with Crippen LogP contribution in [0, 0.1) is 0 Å². The van der Waals surface area contributed by atoms with Crippen molar-refractivity contribution in [3.05, 3.63) is 22.7 Å². The van der Waals surface area contributed by atoms with Gasteiger partial charge >= 0.3 is 0 Å². The van der Waals surface area contributed by atoms with Crippen LogP contribution in [0.3, 0.4) is 0 Å². The number of hydrazine groups is 1. The van der Waals surface area contributed by atoms with Crippen molar-refractivity contribution in [1.29, 1.82) is 0 Å². The SMILES string of the molecule is NNc1cc(Br)ccc1O. The highest BCUT2D eigenvalue weighted by atomic mass is 79.9. The topological polar surface area (TPSA) is 58.3 Å². The van der Waals surface area contributed by atoms with Gasteiger partial charge in [0.15, 0.2) is 0 Å². The van der Waals surface area contributed by atoms with Crippen LogP contribution in [0.25, 0.3) is 0 Å². The molecule has 0 amide bonds. The molecule has 1 rings (SSSR count). The largest absolute Gasteiger partial charge is 0.506 e. The lowest BCUT2D eigenvalue weighted by Gasteiger charge is -2.01. The Labute approximate surface area is 67.0 Å². The molecule has 0 aromatic heterocycles. The Morgan fingerprint density at radius 1 is 1.50 bits per heavy atom. The van der Waals surface area contributed by atoms with Crippen LogP contribution in [0.15, 0.2) is 22.7 Å². The highest BCUT2D eigenvalue weighted by Gasteiger charge is 1.97. The van der Waals surface area contributed by atoms with Crippen molar-refractivity contribution < 1.29 is 5.11 Å². The van der Waals surface area contributed by atoms with Gasteiger partial charge in [-0.1, -0.05) is 15.9 Å². The Bertz CT molecular complexity index is 239. The van der Waals surface area contributed by atoms with Crippen LogP contribution in [-0.4, -0.2) is 5.11 Å². The molecule has 3 nitrogen and oxygen atoms in total. The van der Waals surface area contributed by atoms with Crippen LogP contribution in [0.2, 0.25) is 0 Å². The van der Waals surface area contributed by atoms with Gasteiger partial charge in [-0.3, -0.25) is 5.84 Å². The number of halogens is 1. The highest BCUT2D eigenvalue weighted by molar-refractivity contribution is 9.10. The van der Waals surface area contributed by atoms with Crippen LogP contribution >= 0.6 is 15.9 Å². The van der Waals surface area contributed by atoms with E-state index in [0.29, 0.717) is 5.69 Å². The van der Waals surface area contributed by atoms with Gasteiger partial charge in [0.05, 0.1) is 5.69 Å². The predicted octanol–water partition coefficient (Wildman–Crippen LogP) is 1.44. The first-order valence-electron chi connectivity index (χ1n) is 2.69. The molecule has 1 aromatic carbocycles. The molecule has 10 heavy (non-hydrogen) atoms. The van der Waals surface area contributed by atoms with Crippen LogP contribution in [0.1, 0.15) is 0 Å². The van der Waals surface area contributed by atoms with Crippen molar-refractivity contribution in [3.8, 4) is 5.75 Å². The zero-order valence-electron chi connectivity index (χ0n) is 5.13. The summed E-state index contributed by atoms with van der Waals surface area (Å²) in [4.78, 5) is 0. The summed E-state index contributed by atoms with van der Waals surface area (Å²) in [5.74, 6) is 5.23. The van der Waals surface area contributed by atoms with Crippen LogP contribution in [0.4, 0.5) is 5.69 Å². The Kier molecular flexibility index (Phi) is 2.13. The number of phenolic OH excluding ortho intramolecular Hbond substituents is 1. The minimum Gasteiger partial charge on any atom is -0.506 e. The summed E-state index contributed by atoms with van der Waals surface area (Å²) in [5.41, 5.74) is 2.86. The van der Waals surface area contributed by atoms with E-state index in [4.69, 9.17) is 10.9 Å². The smallest absolute Gasteiger partial charge is 0.140 e. The number of nitrogens with one attached hydrogen (secondary N) is 1. The molecule has 54 valence electrons. The summed E-state index contributed by atoms with van der Waals surface area (Å²) in [6, 6.07) is 4.98. The molecule has 4 N–H and O–H groups in total. The van der Waals surface area contributed by atoms with E-state index in [9.17, 15) is 0 Å². The maximum atomic E-state index is 9.07. The van der Waals surface area contributed by atoms with Crippen molar-refractivity contribution in [3.63, 3.8) is 0 Å².